The quantitative estimate of drug-likeness (QED) is 0.677. The van der Waals surface area contributed by atoms with Crippen molar-refractivity contribution in [3.05, 3.63) is 65.9 Å². The number of hydrogen-bond acceptors (Lipinski definition) is 4. The van der Waals surface area contributed by atoms with Gasteiger partial charge in [-0.1, -0.05) is 12.1 Å². The molecule has 0 radical (unpaired) electrons. The number of benzene rings is 2. The summed E-state index contributed by atoms with van der Waals surface area (Å²) < 4.78 is 10.2. The molecule has 0 bridgehead atoms. The van der Waals surface area contributed by atoms with Crippen molar-refractivity contribution in [2.75, 3.05) is 14.2 Å². The molecule has 0 aliphatic rings. The van der Waals surface area contributed by atoms with E-state index in [0.29, 0.717) is 16.9 Å². The van der Waals surface area contributed by atoms with Gasteiger partial charge in [0.05, 0.1) is 14.2 Å². The summed E-state index contributed by atoms with van der Waals surface area (Å²) in [4.78, 5) is 12.5. The van der Waals surface area contributed by atoms with E-state index in [4.69, 9.17) is 15.2 Å². The largest absolute Gasteiger partial charge is 0.497 e. The smallest absolute Gasteiger partial charge is 0.195 e. The van der Waals surface area contributed by atoms with E-state index in [2.05, 4.69) is 0 Å². The molecule has 4 heteroatoms. The number of ether oxygens (including phenoxy) is 2. The third-order valence-electron chi connectivity index (χ3n) is 3.16. The van der Waals surface area contributed by atoms with Crippen LogP contribution in [0.2, 0.25) is 0 Å². The molecule has 108 valence electrons. The van der Waals surface area contributed by atoms with Gasteiger partial charge in [0.1, 0.15) is 11.5 Å². The molecule has 0 heterocycles. The number of carbonyl (C=O) groups excluding carboxylic acids is 1. The number of hydrogen-bond donors (Lipinski definition) is 1. The zero-order chi connectivity index (χ0) is 15.2. The third-order valence-corrected chi connectivity index (χ3v) is 3.16. The lowest BCUT2D eigenvalue weighted by Crippen LogP contribution is -2.05. The summed E-state index contributed by atoms with van der Waals surface area (Å²) in [6.45, 7) is 0. The first-order chi connectivity index (χ1) is 10.2. The normalized spacial score (nSPS) is 11.0. The molecule has 21 heavy (non-hydrogen) atoms. The van der Waals surface area contributed by atoms with E-state index in [1.54, 1.807) is 62.8 Å². The topological polar surface area (TPSA) is 61.5 Å². The number of carbonyl (C=O) groups is 1. The number of rotatable bonds is 5. The lowest BCUT2D eigenvalue weighted by molar-refractivity contribution is 0.105. The van der Waals surface area contributed by atoms with Crippen molar-refractivity contribution in [2.45, 2.75) is 0 Å². The number of methoxy groups -OCH3 is 2. The van der Waals surface area contributed by atoms with Crippen LogP contribution in [-0.4, -0.2) is 20.0 Å². The Morgan fingerprint density at radius 1 is 0.857 bits per heavy atom. The Bertz CT molecular complexity index is 643. The minimum atomic E-state index is -0.134. The number of nitrogens with two attached hydrogens (primary N) is 1. The van der Waals surface area contributed by atoms with Crippen LogP contribution in [0, 0.1) is 0 Å². The fourth-order valence-electron chi connectivity index (χ4n) is 1.97. The lowest BCUT2D eigenvalue weighted by Gasteiger charge is -2.08. The van der Waals surface area contributed by atoms with Crippen molar-refractivity contribution in [2.24, 2.45) is 5.73 Å². The summed E-state index contributed by atoms with van der Waals surface area (Å²) in [6.07, 6.45) is 1.33. The molecule has 0 aromatic heterocycles. The van der Waals surface area contributed by atoms with Gasteiger partial charge >= 0.3 is 0 Å². The molecule has 0 amide bonds. The van der Waals surface area contributed by atoms with E-state index in [1.807, 2.05) is 0 Å². The Morgan fingerprint density at radius 3 is 1.67 bits per heavy atom. The van der Waals surface area contributed by atoms with Crippen molar-refractivity contribution in [1.82, 2.24) is 0 Å². The van der Waals surface area contributed by atoms with E-state index in [9.17, 15) is 4.79 Å². The monoisotopic (exact) mass is 283 g/mol. The number of ketones is 1. The summed E-state index contributed by atoms with van der Waals surface area (Å²) >= 11 is 0. The highest BCUT2D eigenvalue weighted by Gasteiger charge is 2.14. The van der Waals surface area contributed by atoms with Gasteiger partial charge < -0.3 is 15.2 Å². The van der Waals surface area contributed by atoms with E-state index in [1.165, 1.54) is 6.20 Å². The molecule has 0 saturated carbocycles. The zero-order valence-electron chi connectivity index (χ0n) is 12.0. The highest BCUT2D eigenvalue weighted by Crippen LogP contribution is 2.22. The van der Waals surface area contributed by atoms with Crippen LogP contribution in [0.4, 0.5) is 0 Å². The molecule has 0 unspecified atom stereocenters. The standard InChI is InChI=1S/C17H17NO3/c1-20-14-7-3-12(4-8-14)16(11-18)17(19)13-5-9-15(21-2)10-6-13/h3-11H,18H2,1-2H3/b16-11-. The van der Waals surface area contributed by atoms with Crippen LogP contribution < -0.4 is 15.2 Å². The van der Waals surface area contributed by atoms with Gasteiger partial charge in [-0.3, -0.25) is 4.79 Å². The average Bonchev–Trinajstić information content (AvgIpc) is 2.56. The Hall–Kier alpha value is -2.75. The summed E-state index contributed by atoms with van der Waals surface area (Å²) in [5.74, 6) is 1.30. The van der Waals surface area contributed by atoms with Crippen LogP contribution in [0.3, 0.4) is 0 Å². The Kier molecular flexibility index (Phi) is 4.61. The van der Waals surface area contributed by atoms with Crippen LogP contribution >= 0.6 is 0 Å². The highest BCUT2D eigenvalue weighted by molar-refractivity contribution is 6.28. The second-order valence-corrected chi connectivity index (χ2v) is 4.37. The molecule has 0 saturated heterocycles. The van der Waals surface area contributed by atoms with Gasteiger partial charge in [-0.25, -0.2) is 0 Å². The maximum Gasteiger partial charge on any atom is 0.195 e. The third kappa shape index (κ3) is 3.23. The van der Waals surface area contributed by atoms with Crippen LogP contribution in [0.5, 0.6) is 11.5 Å². The lowest BCUT2D eigenvalue weighted by atomic mass is 9.97. The second-order valence-electron chi connectivity index (χ2n) is 4.37. The van der Waals surface area contributed by atoms with E-state index >= 15 is 0 Å². The van der Waals surface area contributed by atoms with Crippen molar-refractivity contribution in [3.63, 3.8) is 0 Å². The molecule has 0 aliphatic heterocycles. The van der Waals surface area contributed by atoms with Crippen molar-refractivity contribution >= 4 is 11.4 Å². The molecular weight excluding hydrogens is 266 g/mol. The first kappa shape index (κ1) is 14.7. The summed E-state index contributed by atoms with van der Waals surface area (Å²) in [6, 6.07) is 14.1. The summed E-state index contributed by atoms with van der Waals surface area (Å²) in [5, 5.41) is 0. The molecule has 0 atom stereocenters. The first-order valence-corrected chi connectivity index (χ1v) is 6.44. The maximum absolute atomic E-state index is 12.5. The molecule has 2 aromatic carbocycles. The number of allylic oxidation sites excluding steroid dienone is 1. The van der Waals surface area contributed by atoms with Crippen molar-refractivity contribution in [3.8, 4) is 11.5 Å². The maximum atomic E-state index is 12.5. The Labute approximate surface area is 123 Å². The zero-order valence-corrected chi connectivity index (χ0v) is 12.0. The Morgan fingerprint density at radius 2 is 1.29 bits per heavy atom. The average molecular weight is 283 g/mol. The molecule has 2 N–H and O–H groups in total. The van der Waals surface area contributed by atoms with E-state index in [-0.39, 0.29) is 5.78 Å². The highest BCUT2D eigenvalue weighted by atomic mass is 16.5. The van der Waals surface area contributed by atoms with Crippen LogP contribution in [0.15, 0.2) is 54.7 Å². The Balaban J connectivity index is 2.29. The second kappa shape index (κ2) is 6.61. The van der Waals surface area contributed by atoms with Gasteiger partial charge in [-0.2, -0.15) is 0 Å². The predicted molar refractivity (Wildman–Crippen MR) is 82.5 cm³/mol. The van der Waals surface area contributed by atoms with Gasteiger partial charge in [0.15, 0.2) is 5.78 Å². The molecule has 0 spiro atoms. The van der Waals surface area contributed by atoms with Crippen molar-refractivity contribution < 1.29 is 14.3 Å². The SMILES string of the molecule is COc1ccc(C(=O)/C(=C\N)c2ccc(OC)cc2)cc1. The van der Waals surface area contributed by atoms with Gasteiger partial charge in [0, 0.05) is 17.3 Å². The molecule has 2 rings (SSSR count). The number of Topliss-reactive ketones (excluding diaryl/α,β-unsaturated/α-hetero) is 1. The van der Waals surface area contributed by atoms with Gasteiger partial charge in [-0.15, -0.1) is 0 Å². The van der Waals surface area contributed by atoms with Crippen molar-refractivity contribution in [1.29, 1.82) is 0 Å². The molecule has 0 aliphatic carbocycles. The minimum absolute atomic E-state index is 0.134. The van der Waals surface area contributed by atoms with Gasteiger partial charge in [0.2, 0.25) is 0 Å². The minimum Gasteiger partial charge on any atom is -0.497 e. The van der Waals surface area contributed by atoms with E-state index in [0.717, 1.165) is 11.3 Å². The fraction of sp³-hybridized carbons (Fsp3) is 0.118. The fourth-order valence-corrected chi connectivity index (χ4v) is 1.97. The van der Waals surface area contributed by atoms with Gasteiger partial charge in [0.25, 0.3) is 0 Å². The molecule has 2 aromatic rings. The van der Waals surface area contributed by atoms with Gasteiger partial charge in [-0.05, 0) is 42.0 Å². The first-order valence-electron chi connectivity index (χ1n) is 6.44. The predicted octanol–water partition coefficient (Wildman–Crippen LogP) is 2.89. The molecule has 4 nitrogen and oxygen atoms in total. The molecular formula is C17H17NO3. The van der Waals surface area contributed by atoms with E-state index < -0.39 is 0 Å². The van der Waals surface area contributed by atoms with Crippen LogP contribution in [0.1, 0.15) is 15.9 Å². The molecule has 0 fully saturated rings. The van der Waals surface area contributed by atoms with Crippen LogP contribution in [-0.2, 0) is 0 Å². The summed E-state index contributed by atoms with van der Waals surface area (Å²) in [5.41, 5.74) is 7.39. The summed E-state index contributed by atoms with van der Waals surface area (Å²) in [7, 11) is 3.18. The van der Waals surface area contributed by atoms with Crippen LogP contribution in [0.25, 0.3) is 5.57 Å².